The first kappa shape index (κ1) is 11.7. The molecule has 3 nitrogen and oxygen atoms in total. The molecule has 0 aromatic heterocycles. The molecule has 1 aromatic rings. The Balaban J connectivity index is 2.32. The number of guanidine groups is 1. The third kappa shape index (κ3) is 2.04. The van der Waals surface area contributed by atoms with Crippen LogP contribution in [0.4, 0.5) is 0 Å². The van der Waals surface area contributed by atoms with Gasteiger partial charge in [0.25, 0.3) is 0 Å². The van der Waals surface area contributed by atoms with E-state index in [1.807, 2.05) is 18.2 Å². The van der Waals surface area contributed by atoms with E-state index in [1.165, 1.54) is 5.56 Å². The second kappa shape index (κ2) is 4.63. The number of rotatable bonds is 2. The molecule has 0 saturated heterocycles. The summed E-state index contributed by atoms with van der Waals surface area (Å²) in [5, 5.41) is 0.727. The zero-order chi connectivity index (χ0) is 11.7. The summed E-state index contributed by atoms with van der Waals surface area (Å²) in [5.74, 6) is 0.620. The average molecular weight is 303 g/mol. The Morgan fingerprint density at radius 2 is 2.38 bits per heavy atom. The van der Waals surface area contributed by atoms with Crippen LogP contribution in [0.1, 0.15) is 18.5 Å². The Labute approximate surface area is 108 Å². The third-order valence-electron chi connectivity index (χ3n) is 2.76. The van der Waals surface area contributed by atoms with Gasteiger partial charge >= 0.3 is 0 Å². The first-order valence-corrected chi connectivity index (χ1v) is 6.32. The SMILES string of the molecule is CCN1C(N)=NCC1c1ccc(Cl)cc1Br. The minimum absolute atomic E-state index is 0.219. The second-order valence-electron chi connectivity index (χ2n) is 3.67. The maximum atomic E-state index is 5.93. The molecular formula is C11H13BrClN3. The lowest BCUT2D eigenvalue weighted by molar-refractivity contribution is 0.363. The van der Waals surface area contributed by atoms with Crippen molar-refractivity contribution in [3.63, 3.8) is 0 Å². The highest BCUT2D eigenvalue weighted by atomic mass is 79.9. The van der Waals surface area contributed by atoms with E-state index in [0.29, 0.717) is 12.5 Å². The number of aliphatic imine (C=N–C) groups is 1. The molecule has 0 radical (unpaired) electrons. The molecule has 1 heterocycles. The van der Waals surface area contributed by atoms with Crippen LogP contribution in [0.15, 0.2) is 27.7 Å². The maximum Gasteiger partial charge on any atom is 0.191 e. The molecule has 0 saturated carbocycles. The normalized spacial score (nSPS) is 20.1. The monoisotopic (exact) mass is 301 g/mol. The van der Waals surface area contributed by atoms with Crippen molar-refractivity contribution in [1.29, 1.82) is 0 Å². The van der Waals surface area contributed by atoms with Crippen LogP contribution in [0.3, 0.4) is 0 Å². The van der Waals surface area contributed by atoms with Gasteiger partial charge in [-0.3, -0.25) is 4.99 Å². The summed E-state index contributed by atoms with van der Waals surface area (Å²) in [4.78, 5) is 6.37. The molecule has 2 rings (SSSR count). The molecule has 0 amide bonds. The van der Waals surface area contributed by atoms with Gasteiger partial charge in [0.2, 0.25) is 0 Å². The fourth-order valence-electron chi connectivity index (χ4n) is 1.95. The van der Waals surface area contributed by atoms with Gasteiger partial charge in [-0.2, -0.15) is 0 Å². The average Bonchev–Trinajstić information content (AvgIpc) is 2.59. The van der Waals surface area contributed by atoms with Crippen LogP contribution in [-0.2, 0) is 0 Å². The minimum Gasteiger partial charge on any atom is -0.370 e. The molecule has 2 N–H and O–H groups in total. The number of halogens is 2. The van der Waals surface area contributed by atoms with Gasteiger partial charge in [0.1, 0.15) is 0 Å². The number of benzene rings is 1. The van der Waals surface area contributed by atoms with Crippen molar-refractivity contribution in [2.45, 2.75) is 13.0 Å². The summed E-state index contributed by atoms with van der Waals surface area (Å²) in [6.45, 7) is 3.64. The van der Waals surface area contributed by atoms with Crippen molar-refractivity contribution < 1.29 is 0 Å². The summed E-state index contributed by atoms with van der Waals surface area (Å²) in [7, 11) is 0. The number of hydrogen-bond donors (Lipinski definition) is 1. The number of likely N-dealkylation sites (N-methyl/N-ethyl adjacent to an activating group) is 1. The zero-order valence-electron chi connectivity index (χ0n) is 8.95. The molecule has 1 aliphatic heterocycles. The van der Waals surface area contributed by atoms with Gasteiger partial charge in [0, 0.05) is 16.0 Å². The molecule has 0 fully saturated rings. The number of nitrogens with two attached hydrogens (primary N) is 1. The van der Waals surface area contributed by atoms with Crippen LogP contribution < -0.4 is 5.73 Å². The van der Waals surface area contributed by atoms with Crippen LogP contribution in [0.25, 0.3) is 0 Å². The summed E-state index contributed by atoms with van der Waals surface area (Å²) in [6.07, 6.45) is 0. The second-order valence-corrected chi connectivity index (χ2v) is 4.96. The molecule has 5 heteroatoms. The summed E-state index contributed by atoms with van der Waals surface area (Å²) in [5.41, 5.74) is 7.01. The molecule has 1 aliphatic rings. The van der Waals surface area contributed by atoms with E-state index < -0.39 is 0 Å². The van der Waals surface area contributed by atoms with Crippen LogP contribution in [0, 0.1) is 0 Å². The first-order valence-electron chi connectivity index (χ1n) is 5.15. The highest BCUT2D eigenvalue weighted by Gasteiger charge is 2.27. The summed E-state index contributed by atoms with van der Waals surface area (Å²) >= 11 is 9.46. The molecule has 0 aliphatic carbocycles. The minimum atomic E-state index is 0.219. The molecule has 1 unspecified atom stereocenters. The van der Waals surface area contributed by atoms with Gasteiger partial charge in [-0.25, -0.2) is 0 Å². The fraction of sp³-hybridized carbons (Fsp3) is 0.364. The predicted molar refractivity (Wildman–Crippen MR) is 70.8 cm³/mol. The maximum absolute atomic E-state index is 5.93. The smallest absolute Gasteiger partial charge is 0.191 e. The van der Waals surface area contributed by atoms with Crippen LogP contribution in [0.2, 0.25) is 5.02 Å². The van der Waals surface area contributed by atoms with E-state index in [1.54, 1.807) is 0 Å². The van der Waals surface area contributed by atoms with Gasteiger partial charge < -0.3 is 10.6 Å². The highest BCUT2D eigenvalue weighted by Crippen LogP contribution is 2.32. The van der Waals surface area contributed by atoms with E-state index in [2.05, 4.69) is 32.7 Å². The molecule has 1 atom stereocenters. The van der Waals surface area contributed by atoms with Crippen LogP contribution >= 0.6 is 27.5 Å². The van der Waals surface area contributed by atoms with Gasteiger partial charge in [0.15, 0.2) is 5.96 Å². The van der Waals surface area contributed by atoms with E-state index in [-0.39, 0.29) is 6.04 Å². The van der Waals surface area contributed by atoms with Crippen LogP contribution in [-0.4, -0.2) is 23.9 Å². The largest absolute Gasteiger partial charge is 0.370 e. The lowest BCUT2D eigenvalue weighted by Gasteiger charge is -2.25. The van der Waals surface area contributed by atoms with Gasteiger partial charge in [-0.15, -0.1) is 0 Å². The number of nitrogens with zero attached hydrogens (tertiary/aromatic N) is 2. The Bertz CT molecular complexity index is 433. The third-order valence-corrected chi connectivity index (χ3v) is 3.68. The summed E-state index contributed by atoms with van der Waals surface area (Å²) in [6, 6.07) is 6.04. The number of hydrogen-bond acceptors (Lipinski definition) is 3. The standard InChI is InChI=1S/C11H13BrClN3/c1-2-16-10(6-15-11(16)14)8-4-3-7(13)5-9(8)12/h3-5,10H,2,6H2,1H3,(H2,14,15). The molecule has 1 aromatic carbocycles. The quantitative estimate of drug-likeness (QED) is 0.913. The first-order chi connectivity index (χ1) is 7.63. The van der Waals surface area contributed by atoms with Crippen molar-refractivity contribution >= 4 is 33.5 Å². The van der Waals surface area contributed by atoms with E-state index in [9.17, 15) is 0 Å². The lowest BCUT2D eigenvalue weighted by atomic mass is 10.1. The van der Waals surface area contributed by atoms with Crippen molar-refractivity contribution in [3.8, 4) is 0 Å². The predicted octanol–water partition coefficient (Wildman–Crippen LogP) is 2.79. The molecule has 86 valence electrons. The van der Waals surface area contributed by atoms with E-state index in [0.717, 1.165) is 16.0 Å². The van der Waals surface area contributed by atoms with Crippen molar-refractivity contribution in [2.24, 2.45) is 10.7 Å². The topological polar surface area (TPSA) is 41.6 Å². The summed E-state index contributed by atoms with van der Waals surface area (Å²) < 4.78 is 1.01. The van der Waals surface area contributed by atoms with Crippen molar-refractivity contribution in [2.75, 3.05) is 13.1 Å². The highest BCUT2D eigenvalue weighted by molar-refractivity contribution is 9.10. The van der Waals surface area contributed by atoms with Crippen LogP contribution in [0.5, 0.6) is 0 Å². The Morgan fingerprint density at radius 3 is 3.00 bits per heavy atom. The van der Waals surface area contributed by atoms with Gasteiger partial charge in [-0.1, -0.05) is 33.6 Å². The van der Waals surface area contributed by atoms with Crippen molar-refractivity contribution in [1.82, 2.24) is 4.90 Å². The molecule has 0 bridgehead atoms. The molecule has 0 spiro atoms. The Hall–Kier alpha value is -0.740. The van der Waals surface area contributed by atoms with E-state index in [4.69, 9.17) is 17.3 Å². The fourth-order valence-corrected chi connectivity index (χ4v) is 2.90. The zero-order valence-corrected chi connectivity index (χ0v) is 11.3. The lowest BCUT2D eigenvalue weighted by Crippen LogP contribution is -2.35. The van der Waals surface area contributed by atoms with Gasteiger partial charge in [-0.05, 0) is 24.6 Å². The van der Waals surface area contributed by atoms with Gasteiger partial charge in [0.05, 0.1) is 12.6 Å². The Kier molecular flexibility index (Phi) is 3.40. The van der Waals surface area contributed by atoms with Crippen molar-refractivity contribution in [3.05, 3.63) is 33.3 Å². The molecule has 16 heavy (non-hydrogen) atoms. The Morgan fingerprint density at radius 1 is 1.62 bits per heavy atom. The molecular weight excluding hydrogens is 289 g/mol. The van der Waals surface area contributed by atoms with E-state index >= 15 is 0 Å².